The molecule has 258 valence electrons. The average molecular weight is 693 g/mol. The van der Waals surface area contributed by atoms with Crippen LogP contribution in [-0.4, -0.2) is 4.98 Å². The van der Waals surface area contributed by atoms with Crippen LogP contribution in [0.1, 0.15) is 43.2 Å². The Labute approximate surface area is 318 Å². The van der Waals surface area contributed by atoms with E-state index in [0.29, 0.717) is 11.8 Å². The fourth-order valence-electron chi connectivity index (χ4n) is 11.5. The highest BCUT2D eigenvalue weighted by Gasteiger charge is 2.61. The molecule has 0 amide bonds. The maximum atomic E-state index is 8.13. The van der Waals surface area contributed by atoms with E-state index in [4.69, 9.17) is 11.6 Å². The van der Waals surface area contributed by atoms with Gasteiger partial charge in [-0.05, 0) is 142 Å². The van der Waals surface area contributed by atoms with Gasteiger partial charge in [0, 0.05) is 16.5 Å². The summed E-state index contributed by atoms with van der Waals surface area (Å²) in [6.07, 6.45) is 6.77. The van der Waals surface area contributed by atoms with Gasteiger partial charge in [-0.2, -0.15) is 0 Å². The minimum atomic E-state index is 0.0302. The predicted molar refractivity (Wildman–Crippen MR) is 221 cm³/mol. The predicted octanol–water partition coefficient (Wildman–Crippen LogP) is 13.7. The van der Waals surface area contributed by atoms with Gasteiger partial charge in [-0.15, -0.1) is 0 Å². The van der Waals surface area contributed by atoms with Crippen LogP contribution in [0.2, 0.25) is 0 Å². The van der Waals surface area contributed by atoms with Gasteiger partial charge in [0.1, 0.15) is 0 Å². The van der Waals surface area contributed by atoms with Gasteiger partial charge in [0.05, 0.1) is 18.0 Å². The number of hydrogen-bond donors (Lipinski definition) is 0. The minimum absolute atomic E-state index is 0.0302. The summed E-state index contributed by atoms with van der Waals surface area (Å²) < 4.78 is 0. The Hall–Kier alpha value is -6.04. The topological polar surface area (TPSA) is 17.2 Å². The van der Waals surface area contributed by atoms with Crippen molar-refractivity contribution in [2.75, 3.05) is 0 Å². The molecule has 2 heteroatoms. The Morgan fingerprint density at radius 3 is 1.50 bits per heavy atom. The Balaban J connectivity index is 0.999. The third-order valence-electron chi connectivity index (χ3n) is 13.5. The summed E-state index contributed by atoms with van der Waals surface area (Å²) in [6.45, 7) is 8.13. The molecule has 0 aliphatic heterocycles. The zero-order chi connectivity index (χ0) is 35.8. The van der Waals surface area contributed by atoms with E-state index in [2.05, 4.69) is 157 Å². The maximum absolute atomic E-state index is 8.13. The largest absolute Gasteiger partial charge is 0.248 e. The van der Waals surface area contributed by atoms with Crippen molar-refractivity contribution in [3.8, 4) is 67.0 Å². The molecule has 12 rings (SSSR count). The summed E-state index contributed by atoms with van der Waals surface area (Å²) in [5.41, 5.74) is 17.7. The van der Waals surface area contributed by atoms with Crippen molar-refractivity contribution >= 4 is 5.69 Å². The van der Waals surface area contributed by atoms with Crippen molar-refractivity contribution in [3.63, 3.8) is 0 Å². The van der Waals surface area contributed by atoms with Crippen LogP contribution < -0.4 is 0 Å². The SMILES string of the molecule is [C-]#[N+]c1cccc2c1-c1ccc(-c3cccc(-c4cccc(-c5cc(-c6ccccc6)nc(-c6ccccc6)c5)c4)c3)cc1C21C2CC3CC(C2)CC1C3. The van der Waals surface area contributed by atoms with E-state index in [1.165, 1.54) is 82.2 Å². The molecule has 0 unspecified atom stereocenters. The number of aromatic nitrogens is 1. The third kappa shape index (κ3) is 4.81. The Morgan fingerprint density at radius 2 is 0.944 bits per heavy atom. The van der Waals surface area contributed by atoms with Gasteiger partial charge in [-0.25, -0.2) is 9.83 Å². The molecule has 0 N–H and O–H groups in total. The van der Waals surface area contributed by atoms with E-state index >= 15 is 0 Å². The van der Waals surface area contributed by atoms with E-state index in [9.17, 15) is 0 Å². The maximum Gasteiger partial charge on any atom is 0.195 e. The van der Waals surface area contributed by atoms with Crippen LogP contribution >= 0.6 is 0 Å². The van der Waals surface area contributed by atoms with Crippen LogP contribution in [0.5, 0.6) is 0 Å². The standard InChI is InChI=1S/C52H40N2/c1-53-48-20-10-19-46-51(48)45-22-21-41(30-47(45)52(46)43-24-33-23-34(26-43)27-44(52)25-33)39-17-8-15-37(28-39)38-16-9-18-40(29-38)42-31-49(35-11-4-2-5-12-35)54-50(32-42)36-13-6-3-7-14-36/h2-22,28-34,43-44H,23-27H2. The first-order valence-corrected chi connectivity index (χ1v) is 19.7. The molecule has 0 radical (unpaired) electrons. The molecule has 2 nitrogen and oxygen atoms in total. The van der Waals surface area contributed by atoms with Crippen molar-refractivity contribution in [1.29, 1.82) is 0 Å². The molecule has 5 aliphatic rings. The second-order valence-electron chi connectivity index (χ2n) is 16.3. The highest BCUT2D eigenvalue weighted by Crippen LogP contribution is 2.70. The van der Waals surface area contributed by atoms with E-state index in [0.717, 1.165) is 45.6 Å². The summed E-state index contributed by atoms with van der Waals surface area (Å²) in [6, 6.07) is 57.2. The second-order valence-corrected chi connectivity index (χ2v) is 16.3. The molecule has 54 heavy (non-hydrogen) atoms. The van der Waals surface area contributed by atoms with E-state index < -0.39 is 0 Å². The van der Waals surface area contributed by atoms with Gasteiger partial charge in [0.15, 0.2) is 5.69 Å². The second kappa shape index (κ2) is 12.3. The third-order valence-corrected chi connectivity index (χ3v) is 13.5. The summed E-state index contributed by atoms with van der Waals surface area (Å²) in [4.78, 5) is 9.19. The molecule has 7 aromatic rings. The highest BCUT2D eigenvalue weighted by molar-refractivity contribution is 5.92. The number of benzene rings is 6. The molecule has 0 atom stereocenters. The van der Waals surface area contributed by atoms with Crippen LogP contribution in [0.15, 0.2) is 158 Å². The summed E-state index contributed by atoms with van der Waals surface area (Å²) in [7, 11) is 0. The summed E-state index contributed by atoms with van der Waals surface area (Å²) >= 11 is 0. The number of fused-ring (bicyclic) bond motifs is 3. The Bertz CT molecular complexity index is 2540. The van der Waals surface area contributed by atoms with Crippen molar-refractivity contribution < 1.29 is 0 Å². The first-order valence-electron chi connectivity index (χ1n) is 19.7. The molecule has 1 heterocycles. The van der Waals surface area contributed by atoms with Gasteiger partial charge >= 0.3 is 0 Å². The highest BCUT2D eigenvalue weighted by atomic mass is 14.7. The van der Waals surface area contributed by atoms with E-state index in [1.54, 1.807) is 0 Å². The lowest BCUT2D eigenvalue weighted by Gasteiger charge is -2.61. The number of nitrogens with zero attached hydrogens (tertiary/aromatic N) is 2. The van der Waals surface area contributed by atoms with Crippen LogP contribution in [0.3, 0.4) is 0 Å². The summed E-state index contributed by atoms with van der Waals surface area (Å²) in [5.74, 6) is 3.09. The Kier molecular flexibility index (Phi) is 7.15. The lowest BCUT2D eigenvalue weighted by atomic mass is 9.43. The smallest absolute Gasteiger partial charge is 0.195 e. The first kappa shape index (κ1) is 31.5. The van der Waals surface area contributed by atoms with Crippen LogP contribution in [0.4, 0.5) is 5.69 Å². The van der Waals surface area contributed by atoms with Crippen molar-refractivity contribution in [2.45, 2.75) is 37.5 Å². The van der Waals surface area contributed by atoms with Gasteiger partial charge in [0.2, 0.25) is 0 Å². The van der Waals surface area contributed by atoms with Gasteiger partial charge in [-0.3, -0.25) is 0 Å². The molecular formula is C52H40N2. The molecular weight excluding hydrogens is 653 g/mol. The number of hydrogen-bond acceptors (Lipinski definition) is 1. The molecule has 6 aromatic carbocycles. The van der Waals surface area contributed by atoms with Gasteiger partial charge < -0.3 is 0 Å². The quantitative estimate of drug-likeness (QED) is 0.164. The zero-order valence-corrected chi connectivity index (χ0v) is 30.3. The lowest BCUT2D eigenvalue weighted by Crippen LogP contribution is -2.55. The number of pyridine rings is 1. The fourth-order valence-corrected chi connectivity index (χ4v) is 11.5. The molecule has 5 aliphatic carbocycles. The van der Waals surface area contributed by atoms with Crippen molar-refractivity contribution in [1.82, 2.24) is 4.98 Å². The van der Waals surface area contributed by atoms with Gasteiger partial charge in [-0.1, -0.05) is 127 Å². The molecule has 4 saturated carbocycles. The normalized spacial score (nSPS) is 22.9. The molecule has 1 spiro atoms. The van der Waals surface area contributed by atoms with Crippen LogP contribution in [0, 0.1) is 30.2 Å². The lowest BCUT2D eigenvalue weighted by molar-refractivity contribution is -0.0399. The average Bonchev–Trinajstić information content (AvgIpc) is 3.53. The van der Waals surface area contributed by atoms with Crippen molar-refractivity contribution in [3.05, 3.63) is 180 Å². The van der Waals surface area contributed by atoms with Crippen LogP contribution in [-0.2, 0) is 5.41 Å². The molecule has 4 bridgehead atoms. The van der Waals surface area contributed by atoms with Crippen molar-refractivity contribution in [2.24, 2.45) is 23.7 Å². The Morgan fingerprint density at radius 1 is 0.444 bits per heavy atom. The molecule has 1 aromatic heterocycles. The minimum Gasteiger partial charge on any atom is -0.248 e. The fraction of sp³-hybridized carbons (Fsp3) is 0.192. The van der Waals surface area contributed by atoms with E-state index in [-0.39, 0.29) is 5.41 Å². The van der Waals surface area contributed by atoms with E-state index in [1.807, 2.05) is 6.07 Å². The zero-order valence-electron chi connectivity index (χ0n) is 30.3. The monoisotopic (exact) mass is 692 g/mol. The van der Waals surface area contributed by atoms with Crippen LogP contribution in [0.25, 0.3) is 71.9 Å². The summed E-state index contributed by atoms with van der Waals surface area (Å²) in [5, 5.41) is 0. The molecule has 4 fully saturated rings. The number of rotatable bonds is 5. The van der Waals surface area contributed by atoms with Gasteiger partial charge in [0.25, 0.3) is 0 Å². The molecule has 0 saturated heterocycles. The first-order chi connectivity index (χ1) is 26.7.